The normalized spacial score (nSPS) is 11.9. The van der Waals surface area contributed by atoms with E-state index in [4.69, 9.17) is 0 Å². The molecule has 3 rings (SSSR count). The molecule has 0 radical (unpaired) electrons. The number of fused-ring (bicyclic) bond motifs is 1. The number of carbonyl (C=O) groups excluding carboxylic acids is 1. The van der Waals surface area contributed by atoms with Gasteiger partial charge in [-0.05, 0) is 31.0 Å². The van der Waals surface area contributed by atoms with E-state index >= 15 is 0 Å². The number of unbranched alkanes of at least 4 members (excludes halogenated alkanes) is 2. The third kappa shape index (κ3) is 6.41. The monoisotopic (exact) mass is 564 g/mol. The van der Waals surface area contributed by atoms with Crippen LogP contribution in [0.5, 0.6) is 0 Å². The largest absolute Gasteiger partial charge is 0.320 e. The van der Waals surface area contributed by atoms with E-state index in [1.165, 1.54) is 12.1 Å². The fourth-order valence-corrected chi connectivity index (χ4v) is 5.32. The summed E-state index contributed by atoms with van der Waals surface area (Å²) in [6, 6.07) is 4.46. The molecule has 0 spiro atoms. The number of rotatable bonds is 12. The van der Waals surface area contributed by atoms with Crippen LogP contribution in [-0.4, -0.2) is 36.2 Å². The summed E-state index contributed by atoms with van der Waals surface area (Å²) in [7, 11) is -3.75. The predicted molar refractivity (Wildman–Crippen MR) is 130 cm³/mol. The maximum atomic E-state index is 13.9. The first-order valence-electron chi connectivity index (χ1n) is 11.5. The van der Waals surface area contributed by atoms with Crippen molar-refractivity contribution in [3.63, 3.8) is 0 Å². The number of aryl methyl sites for hydroxylation is 1. The Balaban J connectivity index is 1.85. The molecular formula is C23H25F5N4O3S2. The summed E-state index contributed by atoms with van der Waals surface area (Å²) in [6.45, 7) is 4.69. The number of imidazole rings is 1. The summed E-state index contributed by atoms with van der Waals surface area (Å²) in [6.07, 6.45) is 3.08. The molecule has 0 fully saturated rings. The molecular weight excluding hydrogens is 539 g/mol. The first kappa shape index (κ1) is 28.9. The molecule has 0 bridgehead atoms. The van der Waals surface area contributed by atoms with Gasteiger partial charge < -0.3 is 9.88 Å². The Morgan fingerprint density at radius 2 is 1.59 bits per heavy atom. The lowest BCUT2D eigenvalue weighted by atomic mass is 10.2. The fourth-order valence-electron chi connectivity index (χ4n) is 3.38. The van der Waals surface area contributed by atoms with Gasteiger partial charge in [0.15, 0.2) is 28.4 Å². The second-order valence-electron chi connectivity index (χ2n) is 8.08. The van der Waals surface area contributed by atoms with Crippen LogP contribution in [0.15, 0.2) is 28.3 Å². The molecule has 1 aromatic heterocycles. The van der Waals surface area contributed by atoms with Crippen molar-refractivity contribution in [3.8, 4) is 0 Å². The first-order valence-corrected chi connectivity index (χ1v) is 13.9. The topological polar surface area (TPSA) is 93.1 Å². The molecule has 0 aliphatic carbocycles. The van der Waals surface area contributed by atoms with Gasteiger partial charge in [-0.25, -0.2) is 40.1 Å². The van der Waals surface area contributed by atoms with Crippen molar-refractivity contribution in [2.24, 2.45) is 0 Å². The van der Waals surface area contributed by atoms with Crippen LogP contribution in [0.2, 0.25) is 0 Å². The Kier molecular flexibility index (Phi) is 9.53. The van der Waals surface area contributed by atoms with Gasteiger partial charge in [-0.15, -0.1) is 0 Å². The molecule has 2 N–H and O–H groups in total. The molecule has 0 atom stereocenters. The van der Waals surface area contributed by atoms with Gasteiger partial charge in [0.05, 0.1) is 21.7 Å². The number of anilines is 1. The van der Waals surface area contributed by atoms with Crippen molar-refractivity contribution in [1.29, 1.82) is 0 Å². The van der Waals surface area contributed by atoms with Gasteiger partial charge in [-0.2, -0.15) is 0 Å². The molecule has 0 saturated carbocycles. The smallest absolute Gasteiger partial charge is 0.240 e. The van der Waals surface area contributed by atoms with Crippen molar-refractivity contribution in [2.75, 3.05) is 17.6 Å². The summed E-state index contributed by atoms with van der Waals surface area (Å²) in [5.41, 5.74) is -0.465. The molecule has 0 aliphatic rings. The van der Waals surface area contributed by atoms with Crippen LogP contribution < -0.4 is 10.0 Å². The van der Waals surface area contributed by atoms with Gasteiger partial charge in [0.2, 0.25) is 21.7 Å². The predicted octanol–water partition coefficient (Wildman–Crippen LogP) is 5.34. The average Bonchev–Trinajstić information content (AvgIpc) is 3.23. The summed E-state index contributed by atoms with van der Waals surface area (Å²) in [4.78, 5) is 16.8. The number of benzene rings is 2. The minimum absolute atomic E-state index is 0.0249. The summed E-state index contributed by atoms with van der Waals surface area (Å²) in [5.74, 6) is -12.4. The number of carbonyl (C=O) groups is 1. The van der Waals surface area contributed by atoms with Gasteiger partial charge >= 0.3 is 0 Å². The Hall–Kier alpha value is -2.71. The lowest BCUT2D eigenvalue weighted by Gasteiger charge is -2.11. The van der Waals surface area contributed by atoms with Crippen LogP contribution in [0.25, 0.3) is 11.0 Å². The molecule has 1 heterocycles. The lowest BCUT2D eigenvalue weighted by Crippen LogP contribution is -2.24. The van der Waals surface area contributed by atoms with Crippen molar-refractivity contribution in [3.05, 3.63) is 47.3 Å². The summed E-state index contributed by atoms with van der Waals surface area (Å²) in [5, 5.41) is 2.05. The van der Waals surface area contributed by atoms with Crippen molar-refractivity contribution in [1.82, 2.24) is 14.3 Å². The summed E-state index contributed by atoms with van der Waals surface area (Å²) >= 11 is 0.872. The zero-order valence-electron chi connectivity index (χ0n) is 20.0. The number of sulfonamides is 1. The van der Waals surface area contributed by atoms with E-state index in [-0.39, 0.29) is 4.90 Å². The van der Waals surface area contributed by atoms with Crippen LogP contribution in [0.4, 0.5) is 27.6 Å². The number of amides is 1. The molecule has 7 nitrogen and oxygen atoms in total. The number of aromatic nitrogens is 2. The maximum Gasteiger partial charge on any atom is 0.240 e. The van der Waals surface area contributed by atoms with Crippen molar-refractivity contribution < 1.29 is 35.2 Å². The Labute approximate surface area is 214 Å². The van der Waals surface area contributed by atoms with Crippen LogP contribution >= 0.6 is 11.8 Å². The van der Waals surface area contributed by atoms with Crippen LogP contribution in [0, 0.1) is 29.1 Å². The molecule has 37 heavy (non-hydrogen) atoms. The molecule has 0 aliphatic heterocycles. The van der Waals surface area contributed by atoms with Crippen LogP contribution in [0.3, 0.4) is 0 Å². The fraction of sp³-hybridized carbons (Fsp3) is 0.391. The Morgan fingerprint density at radius 1 is 0.973 bits per heavy atom. The molecule has 1 amide bonds. The van der Waals surface area contributed by atoms with Gasteiger partial charge in [0.1, 0.15) is 5.69 Å². The second kappa shape index (κ2) is 12.2. The van der Waals surface area contributed by atoms with E-state index in [1.807, 2.05) is 13.8 Å². The average molecular weight is 565 g/mol. The quantitative estimate of drug-likeness (QED) is 0.102. The van der Waals surface area contributed by atoms with E-state index in [9.17, 15) is 35.2 Å². The SMILES string of the molecule is CCCCNS(=O)(=O)c1ccc2c(c1)nc(SCC(=O)Nc1c(F)c(F)c(F)c(F)c1F)n2CCCC. The highest BCUT2D eigenvalue weighted by atomic mass is 32.2. The molecule has 3 aromatic rings. The standard InChI is InChI=1S/C23H25F5N4O3S2/c1-3-5-9-29-37(34,35)13-7-8-15-14(11-13)30-23(32(15)10-6-4-2)36-12-16(33)31-22-20(27)18(25)17(24)19(26)21(22)28/h7-8,11,29H,3-6,9-10,12H2,1-2H3,(H,31,33). The van der Waals surface area contributed by atoms with E-state index < -0.39 is 56.5 Å². The lowest BCUT2D eigenvalue weighted by molar-refractivity contribution is -0.113. The van der Waals surface area contributed by atoms with E-state index in [0.29, 0.717) is 35.7 Å². The molecule has 0 saturated heterocycles. The third-order valence-electron chi connectivity index (χ3n) is 5.36. The number of thioether (sulfide) groups is 1. The van der Waals surface area contributed by atoms with Gasteiger partial charge in [-0.1, -0.05) is 38.5 Å². The summed E-state index contributed by atoms with van der Waals surface area (Å²) < 4.78 is 97.3. The molecule has 2 aromatic carbocycles. The first-order chi connectivity index (χ1) is 17.5. The third-order valence-corrected chi connectivity index (χ3v) is 7.79. The maximum absolute atomic E-state index is 13.9. The molecule has 14 heteroatoms. The Bertz CT molecular complexity index is 1380. The van der Waals surface area contributed by atoms with Crippen molar-refractivity contribution >= 4 is 44.4 Å². The highest BCUT2D eigenvalue weighted by Crippen LogP contribution is 2.29. The minimum atomic E-state index is -3.75. The van der Waals surface area contributed by atoms with Crippen LogP contribution in [0.1, 0.15) is 39.5 Å². The molecule has 0 unspecified atom stereocenters. The van der Waals surface area contributed by atoms with Crippen molar-refractivity contribution in [2.45, 2.75) is 56.1 Å². The Morgan fingerprint density at radius 3 is 2.22 bits per heavy atom. The van der Waals surface area contributed by atoms with Gasteiger partial charge in [0, 0.05) is 13.1 Å². The van der Waals surface area contributed by atoms with E-state index in [2.05, 4.69) is 9.71 Å². The van der Waals surface area contributed by atoms with Gasteiger partial charge in [0.25, 0.3) is 0 Å². The van der Waals surface area contributed by atoms with E-state index in [0.717, 1.165) is 31.0 Å². The highest BCUT2D eigenvalue weighted by Gasteiger charge is 2.27. The molecule has 202 valence electrons. The minimum Gasteiger partial charge on any atom is -0.320 e. The highest BCUT2D eigenvalue weighted by molar-refractivity contribution is 7.99. The number of hydrogen-bond acceptors (Lipinski definition) is 5. The zero-order chi connectivity index (χ0) is 27.3. The zero-order valence-corrected chi connectivity index (χ0v) is 21.6. The number of nitrogens with zero attached hydrogens (tertiary/aromatic N) is 2. The number of nitrogens with one attached hydrogen (secondary N) is 2. The van der Waals surface area contributed by atoms with E-state index in [1.54, 1.807) is 16.0 Å². The number of hydrogen-bond donors (Lipinski definition) is 2. The second-order valence-corrected chi connectivity index (χ2v) is 10.8. The van der Waals surface area contributed by atoms with Crippen LogP contribution in [-0.2, 0) is 21.4 Å². The number of halogens is 5. The van der Waals surface area contributed by atoms with Gasteiger partial charge in [-0.3, -0.25) is 4.79 Å².